The fraction of sp³-hybridized carbons (Fsp3) is 0.538. The third-order valence-corrected chi connectivity index (χ3v) is 3.08. The molecule has 0 aliphatic heterocycles. The lowest BCUT2D eigenvalue weighted by Crippen LogP contribution is -2.18. The molecule has 0 aliphatic rings. The van der Waals surface area contributed by atoms with Crippen molar-refractivity contribution in [3.05, 3.63) is 17.7 Å². The molecule has 0 saturated carbocycles. The molecule has 108 valence electrons. The molecule has 19 heavy (non-hydrogen) atoms. The molecule has 0 aliphatic carbocycles. The molecule has 1 aromatic rings. The van der Waals surface area contributed by atoms with E-state index in [0.717, 1.165) is 0 Å². The monoisotopic (exact) mass is 288 g/mol. The van der Waals surface area contributed by atoms with Gasteiger partial charge in [0.1, 0.15) is 6.10 Å². The summed E-state index contributed by atoms with van der Waals surface area (Å²) in [6.07, 6.45) is -1.53. The van der Waals surface area contributed by atoms with Crippen molar-refractivity contribution in [2.24, 2.45) is 0 Å². The number of methoxy groups -OCH3 is 3. The summed E-state index contributed by atoms with van der Waals surface area (Å²) >= 11 is 4.04. The Kier molecular flexibility index (Phi) is 6.27. The molecule has 1 aromatic carbocycles. The van der Waals surface area contributed by atoms with Gasteiger partial charge in [0.15, 0.2) is 11.5 Å². The smallest absolute Gasteiger partial charge is 0.203 e. The molecule has 0 radical (unpaired) electrons. The Labute approximate surface area is 118 Å². The maximum atomic E-state index is 10.1. The van der Waals surface area contributed by atoms with E-state index in [9.17, 15) is 10.2 Å². The summed E-state index contributed by atoms with van der Waals surface area (Å²) in [5.41, 5.74) is 0.504. The molecule has 0 aromatic heterocycles. The van der Waals surface area contributed by atoms with Gasteiger partial charge in [-0.15, -0.1) is 0 Å². The lowest BCUT2D eigenvalue weighted by atomic mass is 10.0. The van der Waals surface area contributed by atoms with Crippen molar-refractivity contribution in [3.63, 3.8) is 0 Å². The fourth-order valence-electron chi connectivity index (χ4n) is 1.78. The van der Waals surface area contributed by atoms with Crippen LogP contribution in [0.25, 0.3) is 0 Å². The molecule has 2 unspecified atom stereocenters. The Balaban J connectivity index is 3.15. The quantitative estimate of drug-likeness (QED) is 0.662. The van der Waals surface area contributed by atoms with Gasteiger partial charge in [0.05, 0.1) is 27.4 Å². The number of aliphatic hydroxyl groups excluding tert-OH is 2. The summed E-state index contributed by atoms with van der Waals surface area (Å²) in [6, 6.07) is 3.24. The number of aliphatic hydroxyl groups is 2. The number of rotatable bonds is 7. The van der Waals surface area contributed by atoms with Crippen molar-refractivity contribution in [1.29, 1.82) is 0 Å². The van der Waals surface area contributed by atoms with Gasteiger partial charge in [0.25, 0.3) is 0 Å². The molecule has 6 heteroatoms. The summed E-state index contributed by atoms with van der Waals surface area (Å²) in [7, 11) is 4.50. The largest absolute Gasteiger partial charge is 0.493 e. The molecule has 0 saturated heterocycles. The molecule has 2 N–H and O–H groups in total. The molecule has 5 nitrogen and oxygen atoms in total. The first-order valence-electron chi connectivity index (χ1n) is 5.85. The van der Waals surface area contributed by atoms with E-state index in [1.165, 1.54) is 21.3 Å². The van der Waals surface area contributed by atoms with Gasteiger partial charge in [-0.25, -0.2) is 0 Å². The minimum atomic E-state index is -1.03. The number of hydrogen-bond acceptors (Lipinski definition) is 6. The number of hydrogen-bond donors (Lipinski definition) is 3. The molecular formula is C13H20O5S. The second-order valence-electron chi connectivity index (χ2n) is 3.98. The topological polar surface area (TPSA) is 68.2 Å². The first-order valence-corrected chi connectivity index (χ1v) is 6.49. The highest BCUT2D eigenvalue weighted by Gasteiger charge is 2.22. The van der Waals surface area contributed by atoms with Crippen molar-refractivity contribution < 1.29 is 24.4 Å². The van der Waals surface area contributed by atoms with Crippen LogP contribution in [0.4, 0.5) is 0 Å². The van der Waals surface area contributed by atoms with Gasteiger partial charge in [-0.2, -0.15) is 12.6 Å². The molecule has 0 spiro atoms. The van der Waals surface area contributed by atoms with Crippen LogP contribution in [0.2, 0.25) is 0 Å². The van der Waals surface area contributed by atoms with E-state index in [4.69, 9.17) is 14.2 Å². The predicted octanol–water partition coefficient (Wildman–Crippen LogP) is 1.43. The predicted molar refractivity (Wildman–Crippen MR) is 75.5 cm³/mol. The first-order chi connectivity index (χ1) is 9.08. The fourth-order valence-corrected chi connectivity index (χ4v) is 2.05. The van der Waals surface area contributed by atoms with Crippen LogP contribution in [0.15, 0.2) is 12.1 Å². The zero-order valence-electron chi connectivity index (χ0n) is 11.3. The van der Waals surface area contributed by atoms with Crippen LogP contribution in [-0.4, -0.2) is 43.4 Å². The van der Waals surface area contributed by atoms with Crippen LogP contribution in [-0.2, 0) is 0 Å². The molecule has 2 atom stereocenters. The minimum Gasteiger partial charge on any atom is -0.493 e. The van der Waals surface area contributed by atoms with Crippen molar-refractivity contribution in [2.75, 3.05) is 27.1 Å². The van der Waals surface area contributed by atoms with E-state index in [0.29, 0.717) is 35.0 Å². The summed E-state index contributed by atoms with van der Waals surface area (Å²) in [4.78, 5) is 0. The zero-order valence-corrected chi connectivity index (χ0v) is 12.2. The maximum absolute atomic E-state index is 10.1. The van der Waals surface area contributed by atoms with Gasteiger partial charge in [-0.1, -0.05) is 0 Å². The third-order valence-electron chi connectivity index (χ3n) is 2.82. The van der Waals surface area contributed by atoms with Crippen LogP contribution < -0.4 is 14.2 Å². The Morgan fingerprint density at radius 1 is 1.05 bits per heavy atom. The minimum absolute atomic E-state index is 0.390. The van der Waals surface area contributed by atoms with Gasteiger partial charge < -0.3 is 24.4 Å². The van der Waals surface area contributed by atoms with Crippen LogP contribution in [0.5, 0.6) is 17.2 Å². The van der Waals surface area contributed by atoms with Crippen molar-refractivity contribution in [2.45, 2.75) is 18.6 Å². The highest BCUT2D eigenvalue weighted by Crippen LogP contribution is 2.40. The Bertz CT molecular complexity index is 385. The van der Waals surface area contributed by atoms with Crippen LogP contribution >= 0.6 is 12.6 Å². The second kappa shape index (κ2) is 7.47. The van der Waals surface area contributed by atoms with E-state index in [1.54, 1.807) is 12.1 Å². The van der Waals surface area contributed by atoms with E-state index in [-0.39, 0.29) is 0 Å². The van der Waals surface area contributed by atoms with Gasteiger partial charge in [-0.3, -0.25) is 0 Å². The van der Waals surface area contributed by atoms with Crippen molar-refractivity contribution >= 4 is 12.6 Å². The van der Waals surface area contributed by atoms with Crippen LogP contribution in [0.3, 0.4) is 0 Å². The first kappa shape index (κ1) is 15.9. The Morgan fingerprint density at radius 2 is 1.58 bits per heavy atom. The standard InChI is InChI=1S/C13H20O5S/c1-16-10-6-8(12(15)9(14)4-5-19)7-11(17-2)13(10)18-3/h6-7,9,12,14-15,19H,4-5H2,1-3H3. The van der Waals surface area contributed by atoms with Crippen LogP contribution in [0, 0.1) is 0 Å². The highest BCUT2D eigenvalue weighted by atomic mass is 32.1. The van der Waals surface area contributed by atoms with E-state index in [1.807, 2.05) is 0 Å². The molecule has 0 amide bonds. The lowest BCUT2D eigenvalue weighted by molar-refractivity contribution is 0.0170. The summed E-state index contributed by atoms with van der Waals surface area (Å²) in [5, 5.41) is 19.9. The van der Waals surface area contributed by atoms with Gasteiger partial charge in [-0.05, 0) is 29.9 Å². The van der Waals surface area contributed by atoms with Crippen LogP contribution in [0.1, 0.15) is 18.1 Å². The lowest BCUT2D eigenvalue weighted by Gasteiger charge is -2.20. The van der Waals surface area contributed by atoms with E-state index in [2.05, 4.69) is 12.6 Å². The van der Waals surface area contributed by atoms with E-state index < -0.39 is 12.2 Å². The maximum Gasteiger partial charge on any atom is 0.203 e. The molecule has 0 bridgehead atoms. The summed E-state index contributed by atoms with van der Waals surface area (Å²) < 4.78 is 15.6. The average molecular weight is 288 g/mol. The van der Waals surface area contributed by atoms with Gasteiger partial charge >= 0.3 is 0 Å². The molecule has 1 rings (SSSR count). The van der Waals surface area contributed by atoms with Gasteiger partial charge in [0, 0.05) is 0 Å². The van der Waals surface area contributed by atoms with E-state index >= 15 is 0 Å². The van der Waals surface area contributed by atoms with Gasteiger partial charge in [0.2, 0.25) is 5.75 Å². The highest BCUT2D eigenvalue weighted by molar-refractivity contribution is 7.80. The van der Waals surface area contributed by atoms with Crippen molar-refractivity contribution in [3.8, 4) is 17.2 Å². The Morgan fingerprint density at radius 3 is 1.95 bits per heavy atom. The third kappa shape index (κ3) is 3.68. The normalized spacial score (nSPS) is 13.8. The average Bonchev–Trinajstić information content (AvgIpc) is 2.44. The number of ether oxygens (including phenoxy) is 3. The number of thiol groups is 1. The van der Waals surface area contributed by atoms with Crippen molar-refractivity contribution in [1.82, 2.24) is 0 Å². The molecular weight excluding hydrogens is 268 g/mol. The number of benzene rings is 1. The Hall–Kier alpha value is -1.11. The summed E-state index contributed by atoms with van der Waals surface area (Å²) in [6.45, 7) is 0. The zero-order chi connectivity index (χ0) is 14.4. The molecule has 0 fully saturated rings. The summed E-state index contributed by atoms with van der Waals surface area (Å²) in [5.74, 6) is 1.82. The molecule has 0 heterocycles. The SMILES string of the molecule is COc1cc(C(O)C(O)CCS)cc(OC)c1OC. The second-order valence-corrected chi connectivity index (χ2v) is 4.43.